The number of rotatable bonds is 0. The van der Waals surface area contributed by atoms with Crippen molar-refractivity contribution in [1.82, 2.24) is 0 Å². The van der Waals surface area contributed by atoms with Crippen LogP contribution in [0.4, 0.5) is 4.39 Å². The zero-order valence-electron chi connectivity index (χ0n) is 4.13. The summed E-state index contributed by atoms with van der Waals surface area (Å²) in [4.78, 5) is 0. The molecule has 0 unspecified atom stereocenters. The van der Waals surface area contributed by atoms with Crippen LogP contribution in [-0.2, 0) is 0 Å². The SMILES string of the molecule is Fc1cc[c]([Bi+2])cc1. The van der Waals surface area contributed by atoms with Crippen molar-refractivity contribution in [1.29, 1.82) is 0 Å². The summed E-state index contributed by atoms with van der Waals surface area (Å²) in [7, 11) is 0. The van der Waals surface area contributed by atoms with Gasteiger partial charge in [0.1, 0.15) is 0 Å². The van der Waals surface area contributed by atoms with Crippen LogP contribution in [0.15, 0.2) is 24.3 Å². The topological polar surface area (TPSA) is 0 Å². The second-order valence-electron chi connectivity index (χ2n) is 1.48. The zero-order chi connectivity index (χ0) is 5.98. The van der Waals surface area contributed by atoms with Crippen LogP contribution in [0, 0.1) is 5.82 Å². The fourth-order valence-electron chi connectivity index (χ4n) is 0.441. The Morgan fingerprint density at radius 1 is 1.12 bits per heavy atom. The molecule has 0 aliphatic carbocycles. The molecule has 0 nitrogen and oxygen atoms in total. The minimum absolute atomic E-state index is 0.153. The molecule has 0 fully saturated rings. The molecule has 0 saturated carbocycles. The molecule has 0 spiro atoms. The first-order valence-electron chi connectivity index (χ1n) is 2.23. The molecule has 0 saturated heterocycles. The van der Waals surface area contributed by atoms with E-state index in [4.69, 9.17) is 0 Å². The maximum atomic E-state index is 12.1. The number of benzene rings is 1. The second kappa shape index (κ2) is 2.54. The summed E-state index contributed by atoms with van der Waals surface area (Å²) in [5.41, 5.74) is 0. The Kier molecular flexibility index (Phi) is 1.96. The molecule has 0 bridgehead atoms. The summed E-state index contributed by atoms with van der Waals surface area (Å²) in [6, 6.07) is 6.55. The molecular weight excluding hydrogens is 300 g/mol. The first kappa shape index (κ1) is 6.16. The third-order valence-electron chi connectivity index (χ3n) is 0.827. The van der Waals surface area contributed by atoms with Crippen molar-refractivity contribution in [3.05, 3.63) is 30.1 Å². The van der Waals surface area contributed by atoms with Gasteiger partial charge in [0.2, 0.25) is 0 Å². The molecule has 0 aliphatic rings. The number of halogens is 1. The van der Waals surface area contributed by atoms with Gasteiger partial charge in [0, 0.05) is 0 Å². The van der Waals surface area contributed by atoms with Gasteiger partial charge < -0.3 is 0 Å². The minimum atomic E-state index is -0.153. The molecule has 8 heavy (non-hydrogen) atoms. The van der Waals surface area contributed by atoms with E-state index in [2.05, 4.69) is 0 Å². The Balaban J connectivity index is 3.03. The average molecular weight is 304 g/mol. The van der Waals surface area contributed by atoms with E-state index in [1.807, 2.05) is 0 Å². The van der Waals surface area contributed by atoms with E-state index in [0.717, 1.165) is 0 Å². The summed E-state index contributed by atoms with van der Waals surface area (Å²) < 4.78 is 13.3. The normalized spacial score (nSPS) is 9.12. The molecule has 38 valence electrons. The Labute approximate surface area is 62.6 Å². The van der Waals surface area contributed by atoms with Gasteiger partial charge in [-0.1, -0.05) is 0 Å². The van der Waals surface area contributed by atoms with Gasteiger partial charge >= 0.3 is 62.5 Å². The molecule has 1 aromatic carbocycles. The van der Waals surface area contributed by atoms with Crippen LogP contribution >= 0.6 is 0 Å². The molecule has 0 N–H and O–H groups in total. The molecule has 0 heterocycles. The summed E-state index contributed by atoms with van der Waals surface area (Å²) in [6.45, 7) is 0. The summed E-state index contributed by atoms with van der Waals surface area (Å²) >= 11 is 1.19. The summed E-state index contributed by atoms with van der Waals surface area (Å²) in [6.07, 6.45) is 0. The summed E-state index contributed by atoms with van der Waals surface area (Å²) in [5, 5.41) is 0. The number of hydrogen-bond donors (Lipinski definition) is 0. The van der Waals surface area contributed by atoms with Crippen LogP contribution < -0.4 is 3.27 Å². The van der Waals surface area contributed by atoms with Crippen molar-refractivity contribution in [3.8, 4) is 0 Å². The van der Waals surface area contributed by atoms with Gasteiger partial charge in [-0.15, -0.1) is 0 Å². The standard InChI is InChI=1S/C6H4F.Bi/c7-6-4-2-1-3-5-6;/h2-5H;/q;+2. The Bertz CT molecular complexity index is 147. The van der Waals surface area contributed by atoms with Gasteiger partial charge in [-0.3, -0.25) is 0 Å². The average Bonchev–Trinajstić information content (AvgIpc) is 1.77. The van der Waals surface area contributed by atoms with Gasteiger partial charge in [0.15, 0.2) is 0 Å². The van der Waals surface area contributed by atoms with Crippen LogP contribution in [0.2, 0.25) is 0 Å². The molecule has 0 amide bonds. The van der Waals surface area contributed by atoms with Crippen LogP contribution in [0.3, 0.4) is 0 Å². The van der Waals surface area contributed by atoms with E-state index in [0.29, 0.717) is 0 Å². The van der Waals surface area contributed by atoms with E-state index in [1.54, 1.807) is 12.1 Å². The van der Waals surface area contributed by atoms with Crippen LogP contribution in [0.5, 0.6) is 0 Å². The summed E-state index contributed by atoms with van der Waals surface area (Å²) in [5.74, 6) is -0.153. The second-order valence-corrected chi connectivity index (χ2v) is 3.48. The predicted molar refractivity (Wildman–Crippen MR) is 31.8 cm³/mol. The molecule has 0 aromatic heterocycles. The molecule has 1 rings (SSSR count). The van der Waals surface area contributed by atoms with E-state index in [9.17, 15) is 4.39 Å². The number of hydrogen-bond acceptors (Lipinski definition) is 0. The van der Waals surface area contributed by atoms with E-state index in [1.165, 1.54) is 40.1 Å². The van der Waals surface area contributed by atoms with Gasteiger partial charge in [-0.25, -0.2) is 0 Å². The van der Waals surface area contributed by atoms with Crippen LogP contribution in [-0.4, -0.2) is 24.7 Å². The van der Waals surface area contributed by atoms with Crippen LogP contribution in [0.1, 0.15) is 0 Å². The van der Waals surface area contributed by atoms with Crippen molar-refractivity contribution in [2.24, 2.45) is 0 Å². The van der Waals surface area contributed by atoms with E-state index < -0.39 is 0 Å². The molecular formula is C6H4BiF+2. The van der Waals surface area contributed by atoms with Gasteiger partial charge in [0.25, 0.3) is 0 Å². The first-order valence-corrected chi connectivity index (χ1v) is 3.97. The molecule has 0 aliphatic heterocycles. The fourth-order valence-corrected chi connectivity index (χ4v) is 1.02. The van der Waals surface area contributed by atoms with Crippen LogP contribution in [0.25, 0.3) is 0 Å². The van der Waals surface area contributed by atoms with E-state index in [-0.39, 0.29) is 5.82 Å². The maximum absolute atomic E-state index is 12.1. The Hall–Kier alpha value is 0.0331. The Morgan fingerprint density at radius 2 is 1.62 bits per heavy atom. The third kappa shape index (κ3) is 1.52. The van der Waals surface area contributed by atoms with Crippen molar-refractivity contribution < 1.29 is 4.39 Å². The van der Waals surface area contributed by atoms with Gasteiger partial charge in [0.05, 0.1) is 0 Å². The van der Waals surface area contributed by atoms with Crippen molar-refractivity contribution in [2.75, 3.05) is 0 Å². The first-order chi connectivity index (χ1) is 3.79. The zero-order valence-corrected chi connectivity index (χ0v) is 7.61. The van der Waals surface area contributed by atoms with Crippen molar-refractivity contribution in [3.63, 3.8) is 0 Å². The van der Waals surface area contributed by atoms with E-state index >= 15 is 0 Å². The van der Waals surface area contributed by atoms with Gasteiger partial charge in [-0.2, -0.15) is 0 Å². The predicted octanol–water partition coefficient (Wildman–Crippen LogP) is 0.619. The molecule has 2 heteroatoms. The van der Waals surface area contributed by atoms with Gasteiger partial charge in [-0.05, 0) is 0 Å². The quantitative estimate of drug-likeness (QED) is 0.617. The molecule has 1 aromatic rings. The van der Waals surface area contributed by atoms with Crippen molar-refractivity contribution in [2.45, 2.75) is 0 Å². The fraction of sp³-hybridized carbons (Fsp3) is 0. The molecule has 0 atom stereocenters. The third-order valence-corrected chi connectivity index (χ3v) is 1.99. The monoisotopic (exact) mass is 304 g/mol. The molecule has 2 radical (unpaired) electrons. The Morgan fingerprint density at radius 3 is 2.00 bits per heavy atom. The van der Waals surface area contributed by atoms with Crippen molar-refractivity contribution >= 4 is 28.0 Å².